The molecular formula is C14H18N2S. The van der Waals surface area contributed by atoms with Crippen LogP contribution in [0.4, 0.5) is 0 Å². The number of likely N-dealkylation sites (tertiary alicyclic amines) is 1. The third-order valence-corrected chi connectivity index (χ3v) is 4.75. The summed E-state index contributed by atoms with van der Waals surface area (Å²) in [7, 11) is 0. The number of hydrogen-bond donors (Lipinski definition) is 1. The molecule has 3 rings (SSSR count). The van der Waals surface area contributed by atoms with Gasteiger partial charge in [0.25, 0.3) is 0 Å². The molecule has 1 aliphatic heterocycles. The van der Waals surface area contributed by atoms with Crippen molar-refractivity contribution in [1.29, 1.82) is 0 Å². The van der Waals surface area contributed by atoms with Crippen LogP contribution in [-0.2, 0) is 0 Å². The maximum atomic E-state index is 6.21. The minimum absolute atomic E-state index is 0.176. The first kappa shape index (κ1) is 11.2. The number of nitrogens with zero attached hydrogens (tertiary/aromatic N) is 1. The van der Waals surface area contributed by atoms with E-state index in [9.17, 15) is 0 Å². The zero-order chi connectivity index (χ0) is 12.0. The van der Waals surface area contributed by atoms with Crippen LogP contribution in [0.3, 0.4) is 0 Å². The van der Waals surface area contributed by atoms with Gasteiger partial charge in [-0.1, -0.05) is 43.4 Å². The quantitative estimate of drug-likeness (QED) is 0.773. The zero-order valence-corrected chi connectivity index (χ0v) is 10.9. The molecule has 0 bridgehead atoms. The summed E-state index contributed by atoms with van der Waals surface area (Å²) in [6.45, 7) is 3.31. The van der Waals surface area contributed by atoms with Crippen molar-refractivity contribution in [2.75, 3.05) is 6.54 Å². The van der Waals surface area contributed by atoms with Gasteiger partial charge in [-0.05, 0) is 24.0 Å². The van der Waals surface area contributed by atoms with Crippen LogP contribution in [0.5, 0.6) is 0 Å². The molecule has 2 N–H and O–H groups in total. The molecule has 1 heterocycles. The summed E-state index contributed by atoms with van der Waals surface area (Å²) in [5.41, 5.74) is 8.91. The molecular weight excluding hydrogens is 228 g/mol. The average molecular weight is 246 g/mol. The van der Waals surface area contributed by atoms with Gasteiger partial charge in [0.1, 0.15) is 0 Å². The Kier molecular flexibility index (Phi) is 2.68. The van der Waals surface area contributed by atoms with Gasteiger partial charge in [-0.3, -0.25) is 0 Å². The van der Waals surface area contributed by atoms with Gasteiger partial charge in [0.15, 0.2) is 0 Å². The number of hydrogen-bond acceptors (Lipinski definition) is 2. The number of thiocarbonyl (C=S) groups is 1. The normalized spacial score (nSPS) is 32.0. The van der Waals surface area contributed by atoms with E-state index in [0.717, 1.165) is 18.0 Å². The Labute approximate surface area is 108 Å². The number of nitrogens with two attached hydrogens (primary N) is 1. The van der Waals surface area contributed by atoms with E-state index < -0.39 is 0 Å². The van der Waals surface area contributed by atoms with E-state index in [2.05, 4.69) is 36.1 Å². The van der Waals surface area contributed by atoms with Crippen LogP contribution in [0, 0.1) is 5.92 Å². The summed E-state index contributed by atoms with van der Waals surface area (Å²) in [5, 5.41) is 0. The van der Waals surface area contributed by atoms with Crippen LogP contribution in [0.25, 0.3) is 0 Å². The molecule has 1 aromatic rings. The van der Waals surface area contributed by atoms with Crippen LogP contribution >= 0.6 is 12.2 Å². The lowest BCUT2D eigenvalue weighted by Crippen LogP contribution is -2.29. The SMILES string of the molecule is CC1CCN([C@@H]2C[C@@H](N)c3ccccc32)C1=S. The molecule has 2 nitrogen and oxygen atoms in total. The zero-order valence-electron chi connectivity index (χ0n) is 10.1. The fraction of sp³-hybridized carbons (Fsp3) is 0.500. The van der Waals surface area contributed by atoms with Crippen LogP contribution in [0.15, 0.2) is 24.3 Å². The molecule has 17 heavy (non-hydrogen) atoms. The summed E-state index contributed by atoms with van der Waals surface area (Å²) in [4.78, 5) is 3.52. The predicted molar refractivity (Wildman–Crippen MR) is 73.8 cm³/mol. The Bertz CT molecular complexity index is 457. The Morgan fingerprint density at radius 2 is 2.00 bits per heavy atom. The number of rotatable bonds is 1. The maximum Gasteiger partial charge on any atom is 0.0813 e. The highest BCUT2D eigenvalue weighted by Crippen LogP contribution is 2.43. The van der Waals surface area contributed by atoms with E-state index in [0.29, 0.717) is 12.0 Å². The van der Waals surface area contributed by atoms with Crippen LogP contribution in [-0.4, -0.2) is 16.4 Å². The summed E-state index contributed by atoms with van der Waals surface area (Å²) in [5.74, 6) is 0.550. The van der Waals surface area contributed by atoms with Crippen LogP contribution in [0.2, 0.25) is 0 Å². The smallest absolute Gasteiger partial charge is 0.0813 e. The first-order valence-corrected chi connectivity index (χ1v) is 6.74. The van der Waals surface area contributed by atoms with Gasteiger partial charge in [-0.2, -0.15) is 0 Å². The lowest BCUT2D eigenvalue weighted by molar-refractivity contribution is 0.332. The average Bonchev–Trinajstić information content (AvgIpc) is 2.83. The second kappa shape index (κ2) is 4.07. The molecule has 0 aromatic heterocycles. The van der Waals surface area contributed by atoms with Gasteiger partial charge in [-0.15, -0.1) is 0 Å². The lowest BCUT2D eigenvalue weighted by Gasteiger charge is -2.27. The van der Waals surface area contributed by atoms with E-state index in [1.165, 1.54) is 17.5 Å². The summed E-state index contributed by atoms with van der Waals surface area (Å²) < 4.78 is 0. The molecule has 0 amide bonds. The van der Waals surface area contributed by atoms with E-state index in [1.54, 1.807) is 0 Å². The summed E-state index contributed by atoms with van der Waals surface area (Å²) in [6, 6.07) is 9.13. The van der Waals surface area contributed by atoms with Crippen molar-refractivity contribution in [2.24, 2.45) is 11.7 Å². The maximum absolute atomic E-state index is 6.21. The topological polar surface area (TPSA) is 29.3 Å². The van der Waals surface area contributed by atoms with Gasteiger partial charge in [-0.25, -0.2) is 0 Å². The Morgan fingerprint density at radius 1 is 1.29 bits per heavy atom. The van der Waals surface area contributed by atoms with Crippen molar-refractivity contribution in [2.45, 2.75) is 31.8 Å². The highest BCUT2D eigenvalue weighted by Gasteiger charge is 2.37. The van der Waals surface area contributed by atoms with Crippen molar-refractivity contribution in [3.63, 3.8) is 0 Å². The largest absolute Gasteiger partial charge is 0.359 e. The van der Waals surface area contributed by atoms with E-state index in [-0.39, 0.29) is 6.04 Å². The van der Waals surface area contributed by atoms with Crippen molar-refractivity contribution < 1.29 is 0 Å². The van der Waals surface area contributed by atoms with Crippen molar-refractivity contribution in [3.8, 4) is 0 Å². The Morgan fingerprint density at radius 3 is 2.65 bits per heavy atom. The van der Waals surface area contributed by atoms with E-state index >= 15 is 0 Å². The second-order valence-electron chi connectivity index (χ2n) is 5.21. The minimum Gasteiger partial charge on any atom is -0.359 e. The van der Waals surface area contributed by atoms with Crippen LogP contribution in [0.1, 0.15) is 43.0 Å². The van der Waals surface area contributed by atoms with E-state index in [1.807, 2.05) is 0 Å². The molecule has 0 spiro atoms. The van der Waals surface area contributed by atoms with Crippen LogP contribution < -0.4 is 5.73 Å². The van der Waals surface area contributed by atoms with Crippen molar-refractivity contribution >= 4 is 17.2 Å². The molecule has 1 aromatic carbocycles. The molecule has 1 fully saturated rings. The first-order valence-electron chi connectivity index (χ1n) is 6.33. The molecule has 1 aliphatic carbocycles. The number of benzene rings is 1. The highest BCUT2D eigenvalue weighted by molar-refractivity contribution is 7.80. The van der Waals surface area contributed by atoms with Gasteiger partial charge in [0.2, 0.25) is 0 Å². The molecule has 1 unspecified atom stereocenters. The monoisotopic (exact) mass is 246 g/mol. The second-order valence-corrected chi connectivity index (χ2v) is 5.63. The minimum atomic E-state index is 0.176. The molecule has 3 atom stereocenters. The van der Waals surface area contributed by atoms with Gasteiger partial charge in [0.05, 0.1) is 11.0 Å². The van der Waals surface area contributed by atoms with Gasteiger partial charge >= 0.3 is 0 Å². The molecule has 3 heteroatoms. The van der Waals surface area contributed by atoms with Crippen molar-refractivity contribution in [1.82, 2.24) is 4.90 Å². The lowest BCUT2D eigenvalue weighted by atomic mass is 10.1. The molecule has 0 radical (unpaired) electrons. The summed E-state index contributed by atoms with van der Waals surface area (Å²) >= 11 is 5.55. The van der Waals surface area contributed by atoms with Crippen molar-refractivity contribution in [3.05, 3.63) is 35.4 Å². The molecule has 0 saturated carbocycles. The van der Waals surface area contributed by atoms with Gasteiger partial charge < -0.3 is 10.6 Å². The fourth-order valence-corrected chi connectivity index (χ4v) is 3.44. The first-order chi connectivity index (χ1) is 8.18. The fourth-order valence-electron chi connectivity index (χ4n) is 3.10. The third-order valence-electron chi connectivity index (χ3n) is 4.12. The number of fused-ring (bicyclic) bond motifs is 1. The molecule has 2 aliphatic rings. The predicted octanol–water partition coefficient (Wildman–Crippen LogP) is 2.80. The third kappa shape index (κ3) is 1.69. The Balaban J connectivity index is 1.94. The van der Waals surface area contributed by atoms with E-state index in [4.69, 9.17) is 18.0 Å². The highest BCUT2D eigenvalue weighted by atomic mass is 32.1. The summed E-state index contributed by atoms with van der Waals surface area (Å²) in [6.07, 6.45) is 2.19. The Hall–Kier alpha value is -0.930. The van der Waals surface area contributed by atoms with Gasteiger partial charge in [0, 0.05) is 18.5 Å². The molecule has 1 saturated heterocycles. The molecule has 90 valence electrons. The standard InChI is InChI=1S/C14H18N2S/c1-9-6-7-16(14(9)17)13-8-12(15)10-4-2-3-5-11(10)13/h2-5,9,12-13H,6-8,15H2,1H3/t9?,12-,13-/m1/s1.